The molecule has 5 rings (SSSR count). The number of hydrogen-bond donors (Lipinski definition) is 1. The first-order chi connectivity index (χ1) is 14.8. The van der Waals surface area contributed by atoms with Crippen molar-refractivity contribution in [1.82, 2.24) is 0 Å². The Morgan fingerprint density at radius 2 is 1.61 bits per heavy atom. The van der Waals surface area contributed by atoms with E-state index in [2.05, 4.69) is 6.07 Å². The van der Waals surface area contributed by atoms with Crippen LogP contribution in [0.4, 0.5) is 0 Å². The standard InChI is InChI=1S/C26H27ClO4/c1-16-14-17(2)21(15-20(16)18-4-6-19(27)7-5-18)22-23(28)26(31-24(22)29)11-9-25(10-12-26)8-3-13-30-25/h4-7,14-15,28H,3,8-13H2,1-2H3/t25-,26+. The van der Waals surface area contributed by atoms with Crippen LogP contribution in [0.3, 0.4) is 0 Å². The topological polar surface area (TPSA) is 55.8 Å². The lowest BCUT2D eigenvalue weighted by molar-refractivity contribution is -0.156. The van der Waals surface area contributed by atoms with E-state index in [1.54, 1.807) is 0 Å². The molecule has 2 aromatic carbocycles. The Bertz CT molecular complexity index is 1070. The van der Waals surface area contributed by atoms with Gasteiger partial charge in [-0.3, -0.25) is 0 Å². The van der Waals surface area contributed by atoms with Crippen molar-refractivity contribution in [2.75, 3.05) is 6.61 Å². The molecule has 1 aliphatic carbocycles. The van der Waals surface area contributed by atoms with Crippen LogP contribution in [0.1, 0.15) is 55.2 Å². The molecule has 2 fully saturated rings. The van der Waals surface area contributed by atoms with E-state index in [-0.39, 0.29) is 11.4 Å². The van der Waals surface area contributed by atoms with Crippen LogP contribution < -0.4 is 0 Å². The van der Waals surface area contributed by atoms with Crippen molar-refractivity contribution in [3.63, 3.8) is 0 Å². The smallest absolute Gasteiger partial charge is 0.343 e. The van der Waals surface area contributed by atoms with Crippen molar-refractivity contribution in [3.05, 3.63) is 63.9 Å². The number of carbonyl (C=O) groups is 1. The van der Waals surface area contributed by atoms with E-state index in [4.69, 9.17) is 21.1 Å². The number of aliphatic hydroxyl groups excluding tert-OH is 1. The van der Waals surface area contributed by atoms with Gasteiger partial charge in [-0.15, -0.1) is 0 Å². The molecule has 0 unspecified atom stereocenters. The van der Waals surface area contributed by atoms with E-state index in [9.17, 15) is 9.90 Å². The quantitative estimate of drug-likeness (QED) is 0.558. The highest BCUT2D eigenvalue weighted by Gasteiger charge is 2.54. The molecule has 2 spiro atoms. The minimum atomic E-state index is -0.915. The fraction of sp³-hybridized carbons (Fsp3) is 0.423. The summed E-state index contributed by atoms with van der Waals surface area (Å²) >= 11 is 6.05. The summed E-state index contributed by atoms with van der Waals surface area (Å²) in [5, 5.41) is 12.0. The Morgan fingerprint density at radius 3 is 2.26 bits per heavy atom. The maximum atomic E-state index is 13.0. The lowest BCUT2D eigenvalue weighted by Gasteiger charge is -2.41. The van der Waals surface area contributed by atoms with Gasteiger partial charge in [-0.05, 0) is 98.4 Å². The Balaban J connectivity index is 1.54. The number of aryl methyl sites for hydroxylation is 2. The third-order valence-electron chi connectivity index (χ3n) is 7.31. The number of ether oxygens (including phenoxy) is 2. The number of rotatable bonds is 2. The SMILES string of the molecule is Cc1cc(C)c(-c2ccc(Cl)cc2)cc1C1=C(O)[C@]2(CC[C@@]3(CCCO3)CC2)OC1=O. The van der Waals surface area contributed by atoms with E-state index in [1.807, 2.05) is 44.2 Å². The fourth-order valence-corrected chi connectivity index (χ4v) is 5.62. The number of halogens is 1. The van der Waals surface area contributed by atoms with Crippen LogP contribution in [0.5, 0.6) is 0 Å². The number of esters is 1. The average molecular weight is 439 g/mol. The Morgan fingerprint density at radius 1 is 0.935 bits per heavy atom. The molecule has 0 radical (unpaired) electrons. The van der Waals surface area contributed by atoms with Gasteiger partial charge < -0.3 is 14.6 Å². The maximum Gasteiger partial charge on any atom is 0.343 e. The summed E-state index contributed by atoms with van der Waals surface area (Å²) in [7, 11) is 0. The van der Waals surface area contributed by atoms with Gasteiger partial charge in [0.15, 0.2) is 11.4 Å². The Hall–Kier alpha value is -2.30. The van der Waals surface area contributed by atoms with Crippen LogP contribution in [-0.4, -0.2) is 28.9 Å². The second-order valence-electron chi connectivity index (χ2n) is 9.23. The van der Waals surface area contributed by atoms with Gasteiger partial charge in [0, 0.05) is 11.6 Å². The highest BCUT2D eigenvalue weighted by Crippen LogP contribution is 2.51. The van der Waals surface area contributed by atoms with Crippen LogP contribution >= 0.6 is 11.6 Å². The summed E-state index contributed by atoms with van der Waals surface area (Å²) in [5.74, 6) is -0.353. The van der Waals surface area contributed by atoms with Gasteiger partial charge in [-0.1, -0.05) is 29.8 Å². The molecule has 5 heteroatoms. The summed E-state index contributed by atoms with van der Waals surface area (Å²) in [6, 6.07) is 11.7. The van der Waals surface area contributed by atoms with Crippen molar-refractivity contribution in [2.24, 2.45) is 0 Å². The minimum absolute atomic E-state index is 0.0827. The first kappa shape index (κ1) is 20.6. The Kier molecular flexibility index (Phi) is 4.91. The molecule has 0 aromatic heterocycles. The summed E-state index contributed by atoms with van der Waals surface area (Å²) in [6.45, 7) is 4.82. The second-order valence-corrected chi connectivity index (χ2v) is 9.67. The molecule has 1 N–H and O–H groups in total. The zero-order valence-corrected chi connectivity index (χ0v) is 18.7. The van der Waals surface area contributed by atoms with Gasteiger partial charge in [-0.25, -0.2) is 4.79 Å². The van der Waals surface area contributed by atoms with Crippen molar-refractivity contribution >= 4 is 23.1 Å². The van der Waals surface area contributed by atoms with Crippen LogP contribution in [0.2, 0.25) is 5.02 Å². The highest BCUT2D eigenvalue weighted by atomic mass is 35.5. The molecular formula is C26H27ClO4. The molecule has 0 bridgehead atoms. The van der Waals surface area contributed by atoms with Crippen molar-refractivity contribution < 1.29 is 19.4 Å². The van der Waals surface area contributed by atoms with E-state index < -0.39 is 11.6 Å². The molecule has 2 heterocycles. The van der Waals surface area contributed by atoms with E-state index in [0.717, 1.165) is 60.1 Å². The molecule has 0 amide bonds. The first-order valence-electron chi connectivity index (χ1n) is 11.0. The summed E-state index contributed by atoms with van der Waals surface area (Å²) < 4.78 is 11.9. The molecule has 3 aliphatic rings. The lowest BCUT2D eigenvalue weighted by Crippen LogP contribution is -2.44. The predicted molar refractivity (Wildman–Crippen MR) is 121 cm³/mol. The van der Waals surface area contributed by atoms with Gasteiger partial charge in [-0.2, -0.15) is 0 Å². The molecule has 1 saturated heterocycles. The summed E-state index contributed by atoms with van der Waals surface area (Å²) in [5.41, 5.74) is 4.09. The van der Waals surface area contributed by atoms with Crippen LogP contribution in [-0.2, 0) is 14.3 Å². The molecule has 0 atom stereocenters. The predicted octanol–water partition coefficient (Wildman–Crippen LogP) is 6.31. The van der Waals surface area contributed by atoms with Crippen LogP contribution in [0, 0.1) is 13.8 Å². The van der Waals surface area contributed by atoms with E-state index in [1.165, 1.54) is 0 Å². The largest absolute Gasteiger partial charge is 0.507 e. The zero-order valence-electron chi connectivity index (χ0n) is 18.0. The van der Waals surface area contributed by atoms with Crippen LogP contribution in [0.15, 0.2) is 42.2 Å². The number of benzene rings is 2. The van der Waals surface area contributed by atoms with E-state index in [0.29, 0.717) is 23.4 Å². The number of hydrogen-bond acceptors (Lipinski definition) is 4. The van der Waals surface area contributed by atoms with Crippen molar-refractivity contribution in [1.29, 1.82) is 0 Å². The maximum absolute atomic E-state index is 13.0. The normalized spacial score (nSPS) is 28.0. The number of carbonyl (C=O) groups excluding carboxylic acids is 1. The molecular weight excluding hydrogens is 412 g/mol. The van der Waals surface area contributed by atoms with Crippen molar-refractivity contribution in [3.8, 4) is 11.1 Å². The molecule has 31 heavy (non-hydrogen) atoms. The highest BCUT2D eigenvalue weighted by molar-refractivity contribution is 6.30. The van der Waals surface area contributed by atoms with Crippen LogP contribution in [0.25, 0.3) is 16.7 Å². The monoisotopic (exact) mass is 438 g/mol. The Labute approximate surface area is 187 Å². The van der Waals surface area contributed by atoms with E-state index >= 15 is 0 Å². The molecule has 2 aliphatic heterocycles. The lowest BCUT2D eigenvalue weighted by atomic mass is 9.73. The minimum Gasteiger partial charge on any atom is -0.507 e. The zero-order chi connectivity index (χ0) is 21.8. The summed E-state index contributed by atoms with van der Waals surface area (Å²) in [6.07, 6.45) is 4.94. The average Bonchev–Trinajstić information content (AvgIpc) is 3.29. The van der Waals surface area contributed by atoms with Gasteiger partial charge in [0.25, 0.3) is 0 Å². The molecule has 1 saturated carbocycles. The molecule has 2 aromatic rings. The summed E-state index contributed by atoms with van der Waals surface area (Å²) in [4.78, 5) is 13.0. The van der Waals surface area contributed by atoms with Gasteiger partial charge >= 0.3 is 5.97 Å². The fourth-order valence-electron chi connectivity index (χ4n) is 5.50. The van der Waals surface area contributed by atoms with Gasteiger partial charge in [0.05, 0.1) is 5.60 Å². The third kappa shape index (κ3) is 3.37. The second kappa shape index (κ2) is 7.39. The third-order valence-corrected chi connectivity index (χ3v) is 7.56. The van der Waals surface area contributed by atoms with Gasteiger partial charge in [0.1, 0.15) is 5.57 Å². The first-order valence-corrected chi connectivity index (χ1v) is 11.4. The van der Waals surface area contributed by atoms with Crippen molar-refractivity contribution in [2.45, 2.75) is 63.6 Å². The molecule has 4 nitrogen and oxygen atoms in total. The number of aliphatic hydroxyl groups is 1. The van der Waals surface area contributed by atoms with Gasteiger partial charge in [0.2, 0.25) is 0 Å². The molecule has 162 valence electrons.